The first-order chi connectivity index (χ1) is 22.2. The summed E-state index contributed by atoms with van der Waals surface area (Å²) in [5.74, 6) is 1.58. The van der Waals surface area contributed by atoms with Crippen LogP contribution >= 0.6 is 0 Å². The minimum absolute atomic E-state index is 0.194. The molecule has 1 aliphatic rings. The predicted octanol–water partition coefficient (Wildman–Crippen LogP) is 8.27. The van der Waals surface area contributed by atoms with Crippen LogP contribution in [0.25, 0.3) is 27.6 Å². The molecule has 0 amide bonds. The van der Waals surface area contributed by atoms with Crippen molar-refractivity contribution in [3.8, 4) is 17.3 Å². The molecule has 4 heterocycles. The van der Waals surface area contributed by atoms with Crippen LogP contribution in [0, 0.1) is 6.85 Å². The van der Waals surface area contributed by atoms with Crippen LogP contribution in [-0.4, -0.2) is 32.1 Å². The second kappa shape index (κ2) is 9.26. The Balaban J connectivity index is 1.38. The second-order valence-electron chi connectivity index (χ2n) is 11.1. The molecule has 41 heavy (non-hydrogen) atoms. The fourth-order valence-corrected chi connectivity index (χ4v) is 5.28. The van der Waals surface area contributed by atoms with Crippen LogP contribution in [0.2, 0.25) is 0 Å². The van der Waals surface area contributed by atoms with Crippen molar-refractivity contribution in [2.24, 2.45) is 0 Å². The van der Waals surface area contributed by atoms with E-state index in [1.54, 1.807) is 29.1 Å². The molecule has 0 saturated heterocycles. The van der Waals surface area contributed by atoms with Gasteiger partial charge in [-0.25, -0.2) is 4.98 Å². The molecule has 7 rings (SSSR count). The average molecular weight is 544 g/mol. The van der Waals surface area contributed by atoms with Gasteiger partial charge in [0.1, 0.15) is 21.4 Å². The highest BCUT2D eigenvalue weighted by Gasteiger charge is 2.33. The first kappa shape index (κ1) is 19.1. The fourth-order valence-electron chi connectivity index (χ4n) is 5.28. The van der Waals surface area contributed by atoms with Gasteiger partial charge in [0.25, 0.3) is 11.4 Å². The van der Waals surface area contributed by atoms with Crippen molar-refractivity contribution in [2.45, 2.75) is 33.0 Å². The van der Waals surface area contributed by atoms with Crippen LogP contribution in [0.5, 0.6) is 11.5 Å². The molecule has 0 aliphatic carbocycles. The summed E-state index contributed by atoms with van der Waals surface area (Å²) in [6, 6.07) is 27.0. The van der Waals surface area contributed by atoms with Crippen molar-refractivity contribution >= 4 is 44.9 Å². The van der Waals surface area contributed by atoms with Crippen LogP contribution in [-0.2, 0) is 5.41 Å². The van der Waals surface area contributed by atoms with Crippen LogP contribution in [0.3, 0.4) is 0 Å². The van der Waals surface area contributed by atoms with Gasteiger partial charge in [0.05, 0.1) is 17.1 Å². The zero-order valence-corrected chi connectivity index (χ0v) is 22.9. The molecule has 6 aromatic rings. The smallest absolute Gasteiger partial charge is 0.457 e. The lowest BCUT2D eigenvalue weighted by molar-refractivity contribution is -0.394. The van der Waals surface area contributed by atoms with Gasteiger partial charge in [0.15, 0.2) is 6.98 Å². The molecule has 0 saturated carbocycles. The van der Waals surface area contributed by atoms with Gasteiger partial charge in [-0.2, -0.15) is 0 Å². The zero-order valence-electron chi connectivity index (χ0n) is 28.9. The Kier molecular flexibility index (Phi) is 4.31. The van der Waals surface area contributed by atoms with Crippen LogP contribution in [0.4, 0.5) is 17.1 Å². The van der Waals surface area contributed by atoms with E-state index in [1.165, 1.54) is 16.8 Å². The lowest BCUT2D eigenvalue weighted by Crippen LogP contribution is -2.12. The number of hydrogen-bond acceptors (Lipinski definition) is 3. The van der Waals surface area contributed by atoms with E-state index in [4.69, 9.17) is 13.0 Å². The average Bonchev–Trinajstić information content (AvgIpc) is 3.57. The molecule has 0 bridgehead atoms. The highest BCUT2D eigenvalue weighted by molar-refractivity contribution is 6.09. The zero-order chi connectivity index (χ0) is 33.3. The molecule has 6 nitrogen and oxygen atoms in total. The standard InChI is InChI=1S/C35H31N5O/c1-23-12-15-37-34(16-23)40-30-13-14-36-21-29(30)28-11-10-26(20-33(28)40)41-27-18-24(35(2,3)4)17-25(19-27)39-22-38(5)31-8-6-7-9-32(31)39/h6-21H,1-5H3/q+2/i1D3,5D3. The molecule has 200 valence electrons. The van der Waals surface area contributed by atoms with E-state index in [9.17, 15) is 0 Å². The number of para-hydroxylation sites is 2. The second-order valence-corrected chi connectivity index (χ2v) is 11.1. The number of fused-ring (bicyclic) bond motifs is 4. The summed E-state index contributed by atoms with van der Waals surface area (Å²) < 4.78 is 59.4. The molecule has 0 unspecified atom stereocenters. The summed E-state index contributed by atoms with van der Waals surface area (Å²) in [6.07, 6.45) is 4.98. The Morgan fingerprint density at radius 2 is 1.73 bits per heavy atom. The summed E-state index contributed by atoms with van der Waals surface area (Å²) in [7, 11) is 0. The molecule has 0 atom stereocenters. The summed E-state index contributed by atoms with van der Waals surface area (Å²) in [5, 5.41) is 1.80. The molecule has 0 radical (unpaired) electrons. The molecular formula is C35H31N5O+2. The van der Waals surface area contributed by atoms with E-state index < -0.39 is 13.8 Å². The largest absolute Gasteiger partial charge is 0.496 e. The van der Waals surface area contributed by atoms with Crippen molar-refractivity contribution in [2.75, 3.05) is 6.98 Å². The third-order valence-corrected chi connectivity index (χ3v) is 7.33. The van der Waals surface area contributed by atoms with Crippen molar-refractivity contribution < 1.29 is 17.5 Å². The van der Waals surface area contributed by atoms with E-state index in [0.29, 0.717) is 34.4 Å². The van der Waals surface area contributed by atoms with Gasteiger partial charge in [-0.15, -0.1) is 0 Å². The van der Waals surface area contributed by atoms with E-state index in [-0.39, 0.29) is 11.0 Å². The van der Waals surface area contributed by atoms with Crippen molar-refractivity contribution in [3.63, 3.8) is 0 Å². The number of aromatic nitrogens is 3. The minimum Gasteiger partial charge on any atom is -0.457 e. The number of benzene rings is 3. The normalized spacial score (nSPS) is 15.7. The van der Waals surface area contributed by atoms with Crippen LogP contribution in [0.15, 0.2) is 97.5 Å². The van der Waals surface area contributed by atoms with Gasteiger partial charge < -0.3 is 4.74 Å². The topological polar surface area (TPSA) is 46.0 Å². The third-order valence-electron chi connectivity index (χ3n) is 7.33. The maximum atomic E-state index is 8.08. The van der Waals surface area contributed by atoms with Crippen molar-refractivity contribution in [1.29, 1.82) is 0 Å². The number of ether oxygens (including phenoxy) is 1. The van der Waals surface area contributed by atoms with E-state index >= 15 is 0 Å². The summed E-state index contributed by atoms with van der Waals surface area (Å²) >= 11 is 0. The molecule has 0 spiro atoms. The van der Waals surface area contributed by atoms with E-state index in [2.05, 4.69) is 36.7 Å². The number of pyridine rings is 2. The Bertz CT molecular complexity index is 2290. The highest BCUT2D eigenvalue weighted by atomic mass is 16.5. The van der Waals surface area contributed by atoms with Crippen LogP contribution < -0.4 is 9.31 Å². The molecular weight excluding hydrogens is 506 g/mol. The lowest BCUT2D eigenvalue weighted by Gasteiger charge is -2.20. The van der Waals surface area contributed by atoms with Gasteiger partial charge in [-0.1, -0.05) is 37.5 Å². The summed E-state index contributed by atoms with van der Waals surface area (Å²) in [6.45, 7) is 1.62. The maximum Gasteiger partial charge on any atom is 0.496 e. The van der Waals surface area contributed by atoms with Crippen molar-refractivity contribution in [3.05, 3.63) is 109 Å². The van der Waals surface area contributed by atoms with Crippen LogP contribution in [0.1, 0.15) is 40.1 Å². The Hall–Kier alpha value is -5.06. The lowest BCUT2D eigenvalue weighted by atomic mass is 9.86. The van der Waals surface area contributed by atoms with E-state index in [1.807, 2.05) is 65.2 Å². The Labute approximate surface area is 247 Å². The van der Waals surface area contributed by atoms with Gasteiger partial charge in [0.2, 0.25) is 5.69 Å². The summed E-state index contributed by atoms with van der Waals surface area (Å²) in [5.41, 5.74) is 4.49. The highest BCUT2D eigenvalue weighted by Crippen LogP contribution is 2.39. The summed E-state index contributed by atoms with van der Waals surface area (Å²) in [4.78, 5) is 8.87. The Morgan fingerprint density at radius 3 is 2.56 bits per heavy atom. The molecule has 3 aromatic carbocycles. The minimum atomic E-state index is -2.41. The SMILES string of the molecule is [2H]C([2H])([2H])c1ccnc(-n2c3ccncc3c3ccc(Oc4cc([N+]5=C=[N+](C([2H])([2H])[2H])c6ccccc65)cc(C(C)(C)C)c4)cc32)c1. The molecule has 6 heteroatoms. The molecule has 3 aromatic heterocycles. The maximum absolute atomic E-state index is 8.08. The predicted molar refractivity (Wildman–Crippen MR) is 165 cm³/mol. The third kappa shape index (κ3) is 4.30. The number of nitrogens with zero attached hydrogens (tertiary/aromatic N) is 5. The number of hydrogen-bond donors (Lipinski definition) is 0. The van der Waals surface area contributed by atoms with Crippen molar-refractivity contribution in [1.82, 2.24) is 19.1 Å². The molecule has 1 aliphatic heterocycles. The monoisotopic (exact) mass is 543 g/mol. The Morgan fingerprint density at radius 1 is 0.854 bits per heavy atom. The van der Waals surface area contributed by atoms with Gasteiger partial charge in [-0.3, -0.25) is 9.55 Å². The quantitative estimate of drug-likeness (QED) is 0.210. The molecule has 0 N–H and O–H groups in total. The molecule has 0 fully saturated rings. The number of rotatable bonds is 4. The first-order valence-electron chi connectivity index (χ1n) is 16.3. The van der Waals surface area contributed by atoms with E-state index in [0.717, 1.165) is 27.4 Å². The fraction of sp³-hybridized carbons (Fsp3) is 0.171. The first-order valence-corrected chi connectivity index (χ1v) is 13.3. The van der Waals surface area contributed by atoms with Gasteiger partial charge >= 0.3 is 6.01 Å². The number of aryl methyl sites for hydroxylation is 1. The van der Waals surface area contributed by atoms with Gasteiger partial charge in [-0.05, 0) is 64.4 Å². The van der Waals surface area contributed by atoms with Gasteiger partial charge in [0, 0.05) is 57.7 Å².